The lowest BCUT2D eigenvalue weighted by atomic mass is 10.0. The number of carbonyl (C=O) groups excluding carboxylic acids is 1. The number of carbonyl (C=O) groups is 1. The monoisotopic (exact) mass is 328 g/mol. The van der Waals surface area contributed by atoms with E-state index in [1.165, 1.54) is 6.07 Å². The summed E-state index contributed by atoms with van der Waals surface area (Å²) in [5, 5.41) is 6.23. The number of rotatable bonds is 6. The highest BCUT2D eigenvalue weighted by Gasteiger charge is 2.25. The standard InChI is InChI=1S/C19H21FN2O2/c20-16-8-4-5-9-18(16)24-13-17(14-6-2-1-3-7-14)22-19(23)15-10-11-21-12-15/h1-9,15,17,21H,10-13H2,(H,22,23)/t15-,17-/m1/s1. The first-order chi connectivity index (χ1) is 11.7. The second kappa shape index (κ2) is 7.93. The van der Waals surface area contributed by atoms with Crippen molar-refractivity contribution in [2.45, 2.75) is 12.5 Å². The van der Waals surface area contributed by atoms with Crippen molar-refractivity contribution in [1.82, 2.24) is 10.6 Å². The summed E-state index contributed by atoms with van der Waals surface area (Å²) in [4.78, 5) is 12.4. The molecular weight excluding hydrogens is 307 g/mol. The average molecular weight is 328 g/mol. The fraction of sp³-hybridized carbons (Fsp3) is 0.316. The molecule has 0 spiro atoms. The third-order valence-corrected chi connectivity index (χ3v) is 4.19. The third-order valence-electron chi connectivity index (χ3n) is 4.19. The van der Waals surface area contributed by atoms with Crippen LogP contribution in [0.25, 0.3) is 0 Å². The Kier molecular flexibility index (Phi) is 5.43. The van der Waals surface area contributed by atoms with Crippen LogP contribution in [0, 0.1) is 11.7 Å². The smallest absolute Gasteiger partial charge is 0.225 e. The van der Waals surface area contributed by atoms with Crippen molar-refractivity contribution in [2.24, 2.45) is 5.92 Å². The quantitative estimate of drug-likeness (QED) is 0.857. The molecule has 2 atom stereocenters. The largest absolute Gasteiger partial charge is 0.488 e. The predicted molar refractivity (Wildman–Crippen MR) is 90.2 cm³/mol. The summed E-state index contributed by atoms with van der Waals surface area (Å²) in [6.07, 6.45) is 0.835. The minimum Gasteiger partial charge on any atom is -0.488 e. The number of hydrogen-bond donors (Lipinski definition) is 2. The molecule has 0 saturated carbocycles. The first kappa shape index (κ1) is 16.5. The molecule has 2 aromatic rings. The molecule has 2 N–H and O–H groups in total. The van der Waals surface area contributed by atoms with Crippen molar-refractivity contribution in [2.75, 3.05) is 19.7 Å². The maximum atomic E-state index is 13.7. The van der Waals surface area contributed by atoms with E-state index < -0.39 is 5.82 Å². The molecule has 0 unspecified atom stereocenters. The van der Waals surface area contributed by atoms with E-state index in [-0.39, 0.29) is 30.2 Å². The van der Waals surface area contributed by atoms with E-state index in [1.807, 2.05) is 30.3 Å². The first-order valence-electron chi connectivity index (χ1n) is 8.17. The zero-order chi connectivity index (χ0) is 16.8. The van der Waals surface area contributed by atoms with Crippen LogP contribution in [0.3, 0.4) is 0 Å². The lowest BCUT2D eigenvalue weighted by Gasteiger charge is -2.21. The summed E-state index contributed by atoms with van der Waals surface area (Å²) < 4.78 is 19.3. The molecule has 0 radical (unpaired) electrons. The van der Waals surface area contributed by atoms with Crippen LogP contribution in [0.2, 0.25) is 0 Å². The first-order valence-corrected chi connectivity index (χ1v) is 8.17. The van der Waals surface area contributed by atoms with Crippen LogP contribution < -0.4 is 15.4 Å². The number of para-hydroxylation sites is 1. The summed E-state index contributed by atoms with van der Waals surface area (Å²) in [7, 11) is 0. The van der Waals surface area contributed by atoms with E-state index in [2.05, 4.69) is 10.6 Å². The van der Waals surface area contributed by atoms with E-state index in [0.717, 1.165) is 18.5 Å². The van der Waals surface area contributed by atoms with Gasteiger partial charge in [-0.05, 0) is 30.7 Å². The zero-order valence-corrected chi connectivity index (χ0v) is 13.4. The van der Waals surface area contributed by atoms with Crippen molar-refractivity contribution in [3.8, 4) is 5.75 Å². The molecule has 4 nitrogen and oxygen atoms in total. The van der Waals surface area contributed by atoms with Gasteiger partial charge in [0.15, 0.2) is 11.6 Å². The van der Waals surface area contributed by atoms with E-state index in [0.29, 0.717) is 6.54 Å². The predicted octanol–water partition coefficient (Wildman–Crippen LogP) is 2.67. The molecule has 1 fully saturated rings. The van der Waals surface area contributed by atoms with Gasteiger partial charge >= 0.3 is 0 Å². The Labute approximate surface area is 141 Å². The highest BCUT2D eigenvalue weighted by molar-refractivity contribution is 5.79. The van der Waals surface area contributed by atoms with Crippen molar-refractivity contribution in [3.05, 3.63) is 66.0 Å². The SMILES string of the molecule is O=C(N[C@H](COc1ccccc1F)c1ccccc1)[C@@H]1CCNC1. The Morgan fingerprint density at radius 1 is 1.21 bits per heavy atom. The lowest BCUT2D eigenvalue weighted by molar-refractivity contribution is -0.125. The summed E-state index contributed by atoms with van der Waals surface area (Å²) in [6.45, 7) is 1.73. The lowest BCUT2D eigenvalue weighted by Crippen LogP contribution is -2.37. The fourth-order valence-electron chi connectivity index (χ4n) is 2.81. The molecule has 126 valence electrons. The molecule has 1 aliphatic rings. The second-order valence-electron chi connectivity index (χ2n) is 5.90. The van der Waals surface area contributed by atoms with Gasteiger partial charge in [0.05, 0.1) is 12.0 Å². The maximum absolute atomic E-state index is 13.7. The molecule has 2 aromatic carbocycles. The normalized spacial score (nSPS) is 18.1. The van der Waals surface area contributed by atoms with E-state index in [1.54, 1.807) is 18.2 Å². The van der Waals surface area contributed by atoms with Crippen molar-refractivity contribution < 1.29 is 13.9 Å². The van der Waals surface area contributed by atoms with E-state index in [9.17, 15) is 9.18 Å². The number of amides is 1. The summed E-state index contributed by atoms with van der Waals surface area (Å²) >= 11 is 0. The molecule has 0 aliphatic carbocycles. The summed E-state index contributed by atoms with van der Waals surface area (Å²) in [6, 6.07) is 15.6. The number of halogens is 1. The van der Waals surface area contributed by atoms with Crippen LogP contribution >= 0.6 is 0 Å². The highest BCUT2D eigenvalue weighted by atomic mass is 19.1. The van der Waals surface area contributed by atoms with Crippen LogP contribution in [-0.2, 0) is 4.79 Å². The van der Waals surface area contributed by atoms with Crippen LogP contribution in [0.4, 0.5) is 4.39 Å². The Morgan fingerprint density at radius 2 is 1.96 bits per heavy atom. The van der Waals surface area contributed by atoms with Gasteiger partial charge in [-0.25, -0.2) is 4.39 Å². The van der Waals surface area contributed by atoms with Gasteiger partial charge in [-0.1, -0.05) is 42.5 Å². The summed E-state index contributed by atoms with van der Waals surface area (Å²) in [5.74, 6) is -0.235. The van der Waals surface area contributed by atoms with Crippen LogP contribution in [-0.4, -0.2) is 25.6 Å². The third kappa shape index (κ3) is 4.11. The van der Waals surface area contributed by atoms with Gasteiger partial charge < -0.3 is 15.4 Å². The Balaban J connectivity index is 1.70. The van der Waals surface area contributed by atoms with Crippen molar-refractivity contribution >= 4 is 5.91 Å². The van der Waals surface area contributed by atoms with Gasteiger partial charge in [-0.3, -0.25) is 4.79 Å². The number of nitrogens with one attached hydrogen (secondary N) is 2. The Hall–Kier alpha value is -2.40. The Morgan fingerprint density at radius 3 is 2.67 bits per heavy atom. The van der Waals surface area contributed by atoms with Crippen molar-refractivity contribution in [3.63, 3.8) is 0 Å². The zero-order valence-electron chi connectivity index (χ0n) is 13.4. The molecule has 0 bridgehead atoms. The number of benzene rings is 2. The molecule has 24 heavy (non-hydrogen) atoms. The van der Waals surface area contributed by atoms with Crippen LogP contribution in [0.15, 0.2) is 54.6 Å². The van der Waals surface area contributed by atoms with E-state index >= 15 is 0 Å². The molecule has 1 aliphatic heterocycles. The topological polar surface area (TPSA) is 50.4 Å². The fourth-order valence-corrected chi connectivity index (χ4v) is 2.81. The van der Waals surface area contributed by atoms with Gasteiger partial charge in [-0.2, -0.15) is 0 Å². The van der Waals surface area contributed by atoms with Gasteiger partial charge in [-0.15, -0.1) is 0 Å². The van der Waals surface area contributed by atoms with Crippen molar-refractivity contribution in [1.29, 1.82) is 0 Å². The molecular formula is C19H21FN2O2. The van der Waals surface area contributed by atoms with Gasteiger partial charge in [0.2, 0.25) is 5.91 Å². The number of ether oxygens (including phenoxy) is 1. The van der Waals surface area contributed by atoms with Crippen LogP contribution in [0.1, 0.15) is 18.0 Å². The maximum Gasteiger partial charge on any atom is 0.225 e. The van der Waals surface area contributed by atoms with Gasteiger partial charge in [0.25, 0.3) is 0 Å². The molecule has 1 saturated heterocycles. The van der Waals surface area contributed by atoms with Gasteiger partial charge in [0.1, 0.15) is 6.61 Å². The molecule has 3 rings (SSSR count). The molecule has 0 aromatic heterocycles. The Bertz CT molecular complexity index is 672. The van der Waals surface area contributed by atoms with E-state index in [4.69, 9.17) is 4.74 Å². The molecule has 1 heterocycles. The second-order valence-corrected chi connectivity index (χ2v) is 5.90. The molecule has 5 heteroatoms. The average Bonchev–Trinajstić information content (AvgIpc) is 3.15. The van der Waals surface area contributed by atoms with Gasteiger partial charge in [0, 0.05) is 6.54 Å². The summed E-state index contributed by atoms with van der Waals surface area (Å²) in [5.41, 5.74) is 0.938. The minimum absolute atomic E-state index is 0.00554. The number of hydrogen-bond acceptors (Lipinski definition) is 3. The van der Waals surface area contributed by atoms with Crippen LogP contribution in [0.5, 0.6) is 5.75 Å². The highest BCUT2D eigenvalue weighted by Crippen LogP contribution is 2.20. The molecule has 1 amide bonds. The minimum atomic E-state index is -0.407.